The van der Waals surface area contributed by atoms with Crippen molar-refractivity contribution in [2.24, 2.45) is 0 Å². The second-order valence-electron chi connectivity index (χ2n) is 8.16. The average molecular weight is 419 g/mol. The molecular formula is C19H23ClN6OS. The molecule has 2 heterocycles. The molecule has 2 aromatic heterocycles. The van der Waals surface area contributed by atoms with Gasteiger partial charge in [-0.3, -0.25) is 10.00 Å². The van der Waals surface area contributed by atoms with E-state index in [2.05, 4.69) is 46.0 Å². The molecule has 1 saturated carbocycles. The summed E-state index contributed by atoms with van der Waals surface area (Å²) in [6.07, 6.45) is 2.32. The van der Waals surface area contributed by atoms with Gasteiger partial charge in [-0.25, -0.2) is 9.67 Å². The lowest BCUT2D eigenvalue weighted by Gasteiger charge is -2.20. The van der Waals surface area contributed by atoms with E-state index in [4.69, 9.17) is 28.2 Å². The van der Waals surface area contributed by atoms with E-state index < -0.39 is 0 Å². The Morgan fingerprint density at radius 1 is 1.25 bits per heavy atom. The predicted octanol–water partition coefficient (Wildman–Crippen LogP) is 4.56. The van der Waals surface area contributed by atoms with Crippen LogP contribution in [0.25, 0.3) is 11.5 Å². The van der Waals surface area contributed by atoms with E-state index in [0.717, 1.165) is 24.2 Å². The highest BCUT2D eigenvalue weighted by atomic mass is 35.5. The van der Waals surface area contributed by atoms with Crippen LogP contribution in [0.3, 0.4) is 0 Å². The molecule has 148 valence electrons. The predicted molar refractivity (Wildman–Crippen MR) is 109 cm³/mol. The second-order valence-corrected chi connectivity index (χ2v) is 8.96. The molecule has 7 nitrogen and oxygen atoms in total. The fraction of sp³-hybridized carbons (Fsp3) is 0.474. The van der Waals surface area contributed by atoms with Gasteiger partial charge in [0.25, 0.3) is 0 Å². The van der Waals surface area contributed by atoms with E-state index in [1.54, 1.807) is 0 Å². The molecule has 0 radical (unpaired) electrons. The first-order valence-corrected chi connectivity index (χ1v) is 10.1. The van der Waals surface area contributed by atoms with Crippen LogP contribution in [-0.4, -0.2) is 35.9 Å². The standard InChI is InChI=1S/C19H23ClN6OS/c1-19(2,3)17-21-18(28)26(24-17)11-25(14-8-9-14)10-15-22-23-16(27-15)12-4-6-13(20)7-5-12/h4-7,14H,8-11H2,1-3H3,(H,21,24,28). The Hall–Kier alpha value is -2.03. The minimum atomic E-state index is -0.0802. The first-order valence-electron chi connectivity index (χ1n) is 9.29. The van der Waals surface area contributed by atoms with Crippen molar-refractivity contribution in [1.29, 1.82) is 0 Å². The number of benzene rings is 1. The Balaban J connectivity index is 1.50. The van der Waals surface area contributed by atoms with Crippen molar-refractivity contribution in [3.8, 4) is 11.5 Å². The minimum Gasteiger partial charge on any atom is -0.419 e. The lowest BCUT2D eigenvalue weighted by molar-refractivity contribution is 0.169. The maximum atomic E-state index is 5.94. The van der Waals surface area contributed by atoms with Crippen LogP contribution in [0.2, 0.25) is 5.02 Å². The van der Waals surface area contributed by atoms with E-state index in [-0.39, 0.29) is 5.41 Å². The van der Waals surface area contributed by atoms with Gasteiger partial charge in [-0.2, -0.15) is 0 Å². The molecule has 1 aromatic carbocycles. The fourth-order valence-electron chi connectivity index (χ4n) is 2.90. The molecule has 0 atom stereocenters. The van der Waals surface area contributed by atoms with Crippen molar-refractivity contribution in [1.82, 2.24) is 29.9 Å². The van der Waals surface area contributed by atoms with Crippen molar-refractivity contribution < 1.29 is 4.42 Å². The summed E-state index contributed by atoms with van der Waals surface area (Å²) in [5.41, 5.74) is 0.773. The summed E-state index contributed by atoms with van der Waals surface area (Å²) in [5, 5.41) is 12.4. The number of nitrogens with one attached hydrogen (secondary N) is 1. The normalized spacial score (nSPS) is 14.8. The van der Waals surface area contributed by atoms with Crippen LogP contribution in [0.5, 0.6) is 0 Å². The summed E-state index contributed by atoms with van der Waals surface area (Å²) in [6, 6.07) is 7.86. The quantitative estimate of drug-likeness (QED) is 0.591. The molecule has 0 aliphatic heterocycles. The number of halogens is 1. The first-order chi connectivity index (χ1) is 13.3. The zero-order chi connectivity index (χ0) is 19.9. The third kappa shape index (κ3) is 4.34. The monoisotopic (exact) mass is 418 g/mol. The second kappa shape index (κ2) is 7.42. The molecule has 0 bridgehead atoms. The van der Waals surface area contributed by atoms with Gasteiger partial charge in [0.1, 0.15) is 5.82 Å². The number of nitrogens with zero attached hydrogens (tertiary/aromatic N) is 5. The van der Waals surface area contributed by atoms with Gasteiger partial charge < -0.3 is 4.42 Å². The number of hydrogen-bond donors (Lipinski definition) is 1. The zero-order valence-corrected chi connectivity index (χ0v) is 17.7. The molecule has 0 saturated heterocycles. The number of aromatic nitrogens is 5. The third-order valence-electron chi connectivity index (χ3n) is 4.67. The van der Waals surface area contributed by atoms with Gasteiger partial charge in [-0.1, -0.05) is 32.4 Å². The fourth-order valence-corrected chi connectivity index (χ4v) is 3.22. The van der Waals surface area contributed by atoms with Crippen LogP contribution in [0.1, 0.15) is 45.3 Å². The molecular weight excluding hydrogens is 396 g/mol. The highest BCUT2D eigenvalue weighted by molar-refractivity contribution is 7.71. The van der Waals surface area contributed by atoms with Crippen LogP contribution in [0.4, 0.5) is 0 Å². The van der Waals surface area contributed by atoms with Gasteiger partial charge in [0.15, 0.2) is 0 Å². The Bertz CT molecular complexity index is 1010. The molecule has 9 heteroatoms. The molecule has 0 unspecified atom stereocenters. The van der Waals surface area contributed by atoms with Gasteiger partial charge in [-0.15, -0.1) is 10.2 Å². The molecule has 3 aromatic rings. The van der Waals surface area contributed by atoms with Crippen molar-refractivity contribution >= 4 is 23.8 Å². The number of aromatic amines is 1. The van der Waals surface area contributed by atoms with Crippen LogP contribution in [-0.2, 0) is 18.6 Å². The van der Waals surface area contributed by atoms with E-state index in [9.17, 15) is 0 Å². The minimum absolute atomic E-state index is 0.0802. The Labute approximate surface area is 173 Å². The summed E-state index contributed by atoms with van der Waals surface area (Å²) in [4.78, 5) is 6.80. The highest BCUT2D eigenvalue weighted by Gasteiger charge is 2.31. The molecule has 1 fully saturated rings. The number of hydrogen-bond acceptors (Lipinski definition) is 6. The SMILES string of the molecule is CC(C)(C)c1nc(=S)n(CN(Cc2nnc(-c3ccc(Cl)cc3)o2)C2CC2)[nH]1. The van der Waals surface area contributed by atoms with Gasteiger partial charge in [0.05, 0.1) is 13.2 Å². The van der Waals surface area contributed by atoms with Crippen LogP contribution >= 0.6 is 23.8 Å². The maximum Gasteiger partial charge on any atom is 0.247 e. The average Bonchev–Trinajstić information content (AvgIpc) is 3.27. The smallest absolute Gasteiger partial charge is 0.247 e. The summed E-state index contributed by atoms with van der Waals surface area (Å²) >= 11 is 11.4. The first kappa shape index (κ1) is 19.3. The highest BCUT2D eigenvalue weighted by Crippen LogP contribution is 2.29. The van der Waals surface area contributed by atoms with E-state index >= 15 is 0 Å². The Kier molecular flexibility index (Phi) is 5.11. The number of rotatable bonds is 6. The summed E-state index contributed by atoms with van der Waals surface area (Å²) in [7, 11) is 0. The number of H-pyrrole nitrogens is 1. The molecule has 1 aliphatic rings. The van der Waals surface area contributed by atoms with Crippen molar-refractivity contribution in [3.63, 3.8) is 0 Å². The van der Waals surface area contributed by atoms with Gasteiger partial charge in [-0.05, 0) is 49.3 Å². The van der Waals surface area contributed by atoms with Crippen LogP contribution in [0, 0.1) is 4.77 Å². The van der Waals surface area contributed by atoms with Crippen molar-refractivity contribution in [3.05, 3.63) is 45.8 Å². The van der Waals surface area contributed by atoms with Crippen molar-refractivity contribution in [2.45, 2.75) is 58.3 Å². The lowest BCUT2D eigenvalue weighted by atomic mass is 9.96. The van der Waals surface area contributed by atoms with E-state index in [1.807, 2.05) is 28.9 Å². The maximum absolute atomic E-state index is 5.94. The Morgan fingerprint density at radius 2 is 1.96 bits per heavy atom. The van der Waals surface area contributed by atoms with E-state index in [0.29, 0.717) is 40.8 Å². The molecule has 4 rings (SSSR count). The van der Waals surface area contributed by atoms with Crippen LogP contribution < -0.4 is 0 Å². The molecule has 0 spiro atoms. The van der Waals surface area contributed by atoms with Crippen molar-refractivity contribution in [2.75, 3.05) is 0 Å². The zero-order valence-electron chi connectivity index (χ0n) is 16.1. The third-order valence-corrected chi connectivity index (χ3v) is 5.24. The van der Waals surface area contributed by atoms with Gasteiger partial charge in [0.2, 0.25) is 16.6 Å². The van der Waals surface area contributed by atoms with E-state index in [1.165, 1.54) is 0 Å². The lowest BCUT2D eigenvalue weighted by Crippen LogP contribution is -2.29. The van der Waals surface area contributed by atoms with Crippen LogP contribution in [0.15, 0.2) is 28.7 Å². The van der Waals surface area contributed by atoms with Gasteiger partial charge >= 0.3 is 0 Å². The summed E-state index contributed by atoms with van der Waals surface area (Å²) in [6.45, 7) is 7.52. The summed E-state index contributed by atoms with van der Waals surface area (Å²) < 4.78 is 8.34. The molecule has 0 amide bonds. The summed E-state index contributed by atoms with van der Waals surface area (Å²) in [5.74, 6) is 1.96. The topological polar surface area (TPSA) is 75.8 Å². The largest absolute Gasteiger partial charge is 0.419 e. The molecule has 1 aliphatic carbocycles. The molecule has 1 N–H and O–H groups in total. The molecule has 28 heavy (non-hydrogen) atoms. The van der Waals surface area contributed by atoms with Gasteiger partial charge in [0, 0.05) is 22.0 Å². The Morgan fingerprint density at radius 3 is 2.57 bits per heavy atom.